The lowest BCUT2D eigenvalue weighted by molar-refractivity contribution is -0.116. The molecule has 0 heterocycles. The maximum atomic E-state index is 11.8. The molecule has 0 fully saturated rings. The topological polar surface area (TPSA) is 78.0 Å². The fourth-order valence-electron chi connectivity index (χ4n) is 2.08. The second-order valence-corrected chi connectivity index (χ2v) is 5.69. The Morgan fingerprint density at radius 1 is 1.28 bits per heavy atom. The second kappa shape index (κ2) is 13.9. The zero-order valence-corrected chi connectivity index (χ0v) is 17.8. The third-order valence-electron chi connectivity index (χ3n) is 3.17. The fourth-order valence-corrected chi connectivity index (χ4v) is 2.08. The number of rotatable bonds is 9. The largest absolute Gasteiger partial charge is 0.385 e. The minimum Gasteiger partial charge on any atom is -0.385 e. The number of anilines is 1. The molecule has 142 valence electrons. The van der Waals surface area contributed by atoms with Crippen molar-refractivity contribution in [1.82, 2.24) is 15.5 Å². The van der Waals surface area contributed by atoms with E-state index in [-0.39, 0.29) is 29.9 Å². The van der Waals surface area contributed by atoms with E-state index in [4.69, 9.17) is 4.74 Å². The van der Waals surface area contributed by atoms with Crippen molar-refractivity contribution in [3.63, 3.8) is 0 Å². The summed E-state index contributed by atoms with van der Waals surface area (Å²) in [4.78, 5) is 17.8. The number of ether oxygens (including phenoxy) is 1. The van der Waals surface area contributed by atoms with Gasteiger partial charge >= 0.3 is 0 Å². The highest BCUT2D eigenvalue weighted by molar-refractivity contribution is 14.0. The number of likely N-dealkylation sites (N-methyl/N-ethyl adjacent to an activating group) is 1. The number of methoxy groups -OCH3 is 1. The predicted octanol–water partition coefficient (Wildman–Crippen LogP) is 1.51. The van der Waals surface area contributed by atoms with E-state index in [2.05, 4.69) is 20.9 Å². The summed E-state index contributed by atoms with van der Waals surface area (Å²) in [5.41, 5.74) is 1.86. The number of guanidine groups is 1. The van der Waals surface area contributed by atoms with Gasteiger partial charge in [0.2, 0.25) is 5.91 Å². The molecule has 0 aliphatic rings. The number of carbonyl (C=O) groups excluding carboxylic acids is 1. The van der Waals surface area contributed by atoms with Gasteiger partial charge in [0, 0.05) is 39.5 Å². The number of amides is 1. The van der Waals surface area contributed by atoms with Crippen LogP contribution >= 0.6 is 24.0 Å². The highest BCUT2D eigenvalue weighted by Crippen LogP contribution is 2.10. The quantitative estimate of drug-likeness (QED) is 0.224. The first-order chi connectivity index (χ1) is 11.5. The molecule has 0 unspecified atom stereocenters. The Kier molecular flexibility index (Phi) is 13.1. The van der Waals surface area contributed by atoms with Crippen molar-refractivity contribution in [3.8, 4) is 0 Å². The lowest BCUT2D eigenvalue weighted by Gasteiger charge is -2.13. The standard InChI is InChI=1S/C17H29N5O2.HI/c1-18-17(19-9-6-10-24-4)20-12-14-7-5-8-15(11-14)21-16(23)13-22(2)3;/h5,7-8,11H,6,9-10,12-13H2,1-4H3,(H,21,23)(H2,18,19,20);1H. The average molecular weight is 463 g/mol. The zero-order valence-electron chi connectivity index (χ0n) is 15.5. The number of nitrogens with zero attached hydrogens (tertiary/aromatic N) is 2. The highest BCUT2D eigenvalue weighted by atomic mass is 127. The summed E-state index contributed by atoms with van der Waals surface area (Å²) in [6.45, 7) is 2.51. The predicted molar refractivity (Wildman–Crippen MR) is 114 cm³/mol. The van der Waals surface area contributed by atoms with Crippen LogP contribution < -0.4 is 16.0 Å². The van der Waals surface area contributed by atoms with Gasteiger partial charge in [0.1, 0.15) is 0 Å². The molecule has 0 saturated carbocycles. The van der Waals surface area contributed by atoms with Crippen LogP contribution in [0.4, 0.5) is 5.69 Å². The van der Waals surface area contributed by atoms with Crippen molar-refractivity contribution in [1.29, 1.82) is 0 Å². The number of hydrogen-bond acceptors (Lipinski definition) is 4. The van der Waals surface area contributed by atoms with Gasteiger partial charge in [-0.2, -0.15) is 0 Å². The van der Waals surface area contributed by atoms with E-state index >= 15 is 0 Å². The minimum atomic E-state index is -0.0271. The van der Waals surface area contributed by atoms with Crippen molar-refractivity contribution in [3.05, 3.63) is 29.8 Å². The van der Waals surface area contributed by atoms with E-state index in [1.807, 2.05) is 43.3 Å². The summed E-state index contributed by atoms with van der Waals surface area (Å²) in [5.74, 6) is 0.717. The third kappa shape index (κ3) is 11.0. The van der Waals surface area contributed by atoms with E-state index in [1.165, 1.54) is 0 Å². The van der Waals surface area contributed by atoms with Gasteiger partial charge in [0.05, 0.1) is 6.54 Å². The van der Waals surface area contributed by atoms with E-state index in [9.17, 15) is 4.79 Å². The van der Waals surface area contributed by atoms with Gasteiger partial charge in [-0.25, -0.2) is 0 Å². The van der Waals surface area contributed by atoms with Crippen molar-refractivity contribution in [2.45, 2.75) is 13.0 Å². The Morgan fingerprint density at radius 2 is 2.04 bits per heavy atom. The van der Waals surface area contributed by atoms with Crippen LogP contribution in [0.3, 0.4) is 0 Å². The SMILES string of the molecule is CN=C(NCCCOC)NCc1cccc(NC(=O)CN(C)C)c1.I. The Labute approximate surface area is 167 Å². The molecule has 1 amide bonds. The van der Waals surface area contributed by atoms with Gasteiger partial charge in [-0.1, -0.05) is 12.1 Å². The number of benzene rings is 1. The summed E-state index contributed by atoms with van der Waals surface area (Å²) in [5, 5.41) is 9.37. The number of aliphatic imine (C=N–C) groups is 1. The number of halogens is 1. The van der Waals surface area contributed by atoms with E-state index < -0.39 is 0 Å². The molecule has 1 aromatic rings. The molecular weight excluding hydrogens is 433 g/mol. The molecule has 25 heavy (non-hydrogen) atoms. The van der Waals surface area contributed by atoms with E-state index in [1.54, 1.807) is 14.2 Å². The van der Waals surface area contributed by atoms with Gasteiger partial charge < -0.3 is 25.6 Å². The van der Waals surface area contributed by atoms with Crippen LogP contribution in [-0.4, -0.2) is 64.7 Å². The molecule has 0 spiro atoms. The highest BCUT2D eigenvalue weighted by Gasteiger charge is 2.04. The van der Waals surface area contributed by atoms with Crippen molar-refractivity contribution in [2.24, 2.45) is 4.99 Å². The Balaban J connectivity index is 0.00000576. The molecule has 0 aromatic heterocycles. The zero-order chi connectivity index (χ0) is 17.8. The minimum absolute atomic E-state index is 0. The lowest BCUT2D eigenvalue weighted by atomic mass is 10.2. The first kappa shape index (κ1) is 23.6. The Morgan fingerprint density at radius 3 is 2.68 bits per heavy atom. The Hall–Kier alpha value is -1.39. The van der Waals surface area contributed by atoms with Crippen LogP contribution in [0.2, 0.25) is 0 Å². The molecule has 0 atom stereocenters. The monoisotopic (exact) mass is 463 g/mol. The average Bonchev–Trinajstić information content (AvgIpc) is 2.53. The molecule has 0 radical (unpaired) electrons. The summed E-state index contributed by atoms with van der Waals surface area (Å²) in [7, 11) is 7.16. The number of hydrogen-bond donors (Lipinski definition) is 3. The third-order valence-corrected chi connectivity index (χ3v) is 3.17. The van der Waals surface area contributed by atoms with Crippen LogP contribution in [0.1, 0.15) is 12.0 Å². The molecular formula is C17H30IN5O2. The molecule has 7 nitrogen and oxygen atoms in total. The van der Waals surface area contributed by atoms with Crippen molar-refractivity contribution in [2.75, 3.05) is 53.3 Å². The van der Waals surface area contributed by atoms with Crippen LogP contribution in [-0.2, 0) is 16.1 Å². The molecule has 0 saturated heterocycles. The number of carbonyl (C=O) groups is 1. The van der Waals surface area contributed by atoms with Crippen LogP contribution in [0.15, 0.2) is 29.3 Å². The van der Waals surface area contributed by atoms with Gasteiger partial charge in [0.15, 0.2) is 5.96 Å². The molecule has 0 bridgehead atoms. The maximum Gasteiger partial charge on any atom is 0.238 e. The maximum absolute atomic E-state index is 11.8. The van der Waals surface area contributed by atoms with E-state index in [0.29, 0.717) is 13.1 Å². The second-order valence-electron chi connectivity index (χ2n) is 5.69. The molecule has 0 aliphatic heterocycles. The smallest absolute Gasteiger partial charge is 0.238 e. The van der Waals surface area contributed by atoms with Gasteiger partial charge in [-0.3, -0.25) is 9.79 Å². The van der Waals surface area contributed by atoms with Crippen LogP contribution in [0.25, 0.3) is 0 Å². The Bertz CT molecular complexity index is 538. The van der Waals surface area contributed by atoms with Crippen LogP contribution in [0.5, 0.6) is 0 Å². The molecule has 8 heteroatoms. The molecule has 1 rings (SSSR count). The summed E-state index contributed by atoms with van der Waals surface area (Å²) < 4.78 is 5.02. The van der Waals surface area contributed by atoms with Crippen molar-refractivity contribution < 1.29 is 9.53 Å². The van der Waals surface area contributed by atoms with Gasteiger partial charge in [0.25, 0.3) is 0 Å². The van der Waals surface area contributed by atoms with E-state index in [0.717, 1.165) is 36.8 Å². The lowest BCUT2D eigenvalue weighted by Crippen LogP contribution is -2.37. The normalized spacial score (nSPS) is 11.0. The molecule has 1 aromatic carbocycles. The van der Waals surface area contributed by atoms with Crippen LogP contribution in [0, 0.1) is 0 Å². The van der Waals surface area contributed by atoms with Gasteiger partial charge in [-0.05, 0) is 38.2 Å². The number of nitrogens with one attached hydrogen (secondary N) is 3. The summed E-state index contributed by atoms with van der Waals surface area (Å²) in [6, 6.07) is 7.78. The van der Waals surface area contributed by atoms with Gasteiger partial charge in [-0.15, -0.1) is 24.0 Å². The first-order valence-electron chi connectivity index (χ1n) is 8.02. The summed E-state index contributed by atoms with van der Waals surface area (Å²) >= 11 is 0. The molecule has 0 aliphatic carbocycles. The molecule has 3 N–H and O–H groups in total. The summed E-state index contributed by atoms with van der Waals surface area (Å²) in [6.07, 6.45) is 0.921. The van der Waals surface area contributed by atoms with Crippen molar-refractivity contribution >= 4 is 41.5 Å². The first-order valence-corrected chi connectivity index (χ1v) is 8.02. The fraction of sp³-hybridized carbons (Fsp3) is 0.529.